The van der Waals surface area contributed by atoms with Crippen LogP contribution in [0.4, 0.5) is 0 Å². The van der Waals surface area contributed by atoms with E-state index in [1.807, 2.05) is 24.4 Å². The van der Waals surface area contributed by atoms with Gasteiger partial charge in [-0.05, 0) is 18.4 Å². The number of piperazine rings is 1. The molecule has 4 nitrogen and oxygen atoms in total. The fourth-order valence-corrected chi connectivity index (χ4v) is 3.79. The van der Waals surface area contributed by atoms with Crippen LogP contribution in [0, 0.1) is 6.92 Å². The predicted octanol–water partition coefficient (Wildman–Crippen LogP) is 2.51. The quantitative estimate of drug-likeness (QED) is 0.793. The first-order chi connectivity index (χ1) is 10.2. The molecule has 0 unspecified atom stereocenters. The summed E-state index contributed by atoms with van der Waals surface area (Å²) in [6, 6.07) is 3.85. The van der Waals surface area contributed by atoms with Crippen molar-refractivity contribution in [3.05, 3.63) is 38.5 Å². The maximum Gasteiger partial charge on any atom is 0.186 e. The molecule has 0 aliphatic carbocycles. The molecule has 0 aromatic carbocycles. The minimum absolute atomic E-state index is 0.244. The predicted molar refractivity (Wildman–Crippen MR) is 87.2 cm³/mol. The number of ketones is 1. The molecule has 1 aliphatic rings. The maximum absolute atomic E-state index is 12.1. The van der Waals surface area contributed by atoms with Crippen LogP contribution in [0.15, 0.2) is 22.9 Å². The molecule has 6 heteroatoms. The fraction of sp³-hybridized carbons (Fsp3) is 0.467. The highest BCUT2D eigenvalue weighted by Gasteiger charge is 2.20. The van der Waals surface area contributed by atoms with Crippen LogP contribution in [-0.2, 0) is 6.54 Å². The summed E-state index contributed by atoms with van der Waals surface area (Å²) in [5.74, 6) is 0.244. The molecular formula is C15H19N3OS2. The highest BCUT2D eigenvalue weighted by atomic mass is 32.1. The summed E-state index contributed by atoms with van der Waals surface area (Å²) in [5.41, 5.74) is 1.17. The smallest absolute Gasteiger partial charge is 0.186 e. The minimum Gasteiger partial charge on any atom is -0.295 e. The van der Waals surface area contributed by atoms with E-state index in [9.17, 15) is 4.79 Å². The summed E-state index contributed by atoms with van der Waals surface area (Å²) in [5, 5.41) is 5.23. The third-order valence-electron chi connectivity index (χ3n) is 3.68. The minimum atomic E-state index is 0.244. The third-order valence-corrected chi connectivity index (χ3v) is 5.41. The number of aromatic nitrogens is 1. The number of carbonyl (C=O) groups is 1. The van der Waals surface area contributed by atoms with Crippen molar-refractivity contribution in [2.24, 2.45) is 0 Å². The lowest BCUT2D eigenvalue weighted by Gasteiger charge is -2.33. The monoisotopic (exact) mass is 321 g/mol. The zero-order valence-electron chi connectivity index (χ0n) is 12.1. The topological polar surface area (TPSA) is 36.4 Å². The van der Waals surface area contributed by atoms with Gasteiger partial charge in [0.25, 0.3) is 0 Å². The van der Waals surface area contributed by atoms with Crippen LogP contribution in [0.5, 0.6) is 0 Å². The number of thiophene rings is 1. The number of carbonyl (C=O) groups excluding carboxylic acids is 1. The average Bonchev–Trinajstić information content (AvgIpc) is 3.13. The molecule has 1 saturated heterocycles. The maximum atomic E-state index is 12.1. The number of hydrogen-bond donors (Lipinski definition) is 0. The van der Waals surface area contributed by atoms with Gasteiger partial charge in [-0.1, -0.05) is 6.07 Å². The molecule has 2 aromatic heterocycles. The lowest BCUT2D eigenvalue weighted by molar-refractivity contribution is 0.0846. The van der Waals surface area contributed by atoms with Crippen LogP contribution < -0.4 is 0 Å². The zero-order valence-corrected chi connectivity index (χ0v) is 13.8. The summed E-state index contributed by atoms with van der Waals surface area (Å²) in [7, 11) is 0. The van der Waals surface area contributed by atoms with Crippen LogP contribution in [0.1, 0.15) is 20.4 Å². The summed E-state index contributed by atoms with van der Waals surface area (Å²) >= 11 is 3.24. The van der Waals surface area contributed by atoms with Gasteiger partial charge in [0.05, 0.1) is 22.1 Å². The molecule has 112 valence electrons. The van der Waals surface area contributed by atoms with Gasteiger partial charge in [0.1, 0.15) is 0 Å². The number of nitrogens with zero attached hydrogens (tertiary/aromatic N) is 3. The van der Waals surface area contributed by atoms with E-state index in [2.05, 4.69) is 20.2 Å². The molecule has 3 rings (SSSR count). The molecule has 1 aliphatic heterocycles. The number of hydrogen-bond acceptors (Lipinski definition) is 6. The van der Waals surface area contributed by atoms with Crippen molar-refractivity contribution in [1.29, 1.82) is 0 Å². The number of thiazole rings is 1. The van der Waals surface area contributed by atoms with E-state index in [0.717, 1.165) is 42.6 Å². The first-order valence-electron chi connectivity index (χ1n) is 7.13. The van der Waals surface area contributed by atoms with Crippen molar-refractivity contribution in [3.8, 4) is 0 Å². The molecule has 0 bridgehead atoms. The van der Waals surface area contributed by atoms with Crippen molar-refractivity contribution in [1.82, 2.24) is 14.8 Å². The molecular weight excluding hydrogens is 302 g/mol. The van der Waals surface area contributed by atoms with E-state index in [0.29, 0.717) is 6.54 Å². The van der Waals surface area contributed by atoms with Gasteiger partial charge >= 0.3 is 0 Å². The van der Waals surface area contributed by atoms with E-state index >= 15 is 0 Å². The molecule has 0 saturated carbocycles. The van der Waals surface area contributed by atoms with Crippen molar-refractivity contribution in [2.75, 3.05) is 32.7 Å². The van der Waals surface area contributed by atoms with Gasteiger partial charge in [-0.15, -0.1) is 22.7 Å². The van der Waals surface area contributed by atoms with Crippen molar-refractivity contribution >= 4 is 28.5 Å². The van der Waals surface area contributed by atoms with Gasteiger partial charge in [0.2, 0.25) is 0 Å². The van der Waals surface area contributed by atoms with Crippen molar-refractivity contribution < 1.29 is 4.79 Å². The lowest BCUT2D eigenvalue weighted by atomic mass is 10.2. The Balaban J connectivity index is 1.45. The van der Waals surface area contributed by atoms with Crippen LogP contribution in [0.3, 0.4) is 0 Å². The number of aryl methyl sites for hydroxylation is 1. The molecule has 3 heterocycles. The highest BCUT2D eigenvalue weighted by Crippen LogP contribution is 2.14. The van der Waals surface area contributed by atoms with E-state index < -0.39 is 0 Å². The summed E-state index contributed by atoms with van der Waals surface area (Å²) in [6.07, 6.45) is 0. The molecule has 2 aromatic rings. The standard InChI is InChI=1S/C15H19N3OS2/c1-12-16-13(11-21-12)9-17-4-6-18(7-5-17)10-14(19)15-3-2-8-20-15/h2-3,8,11H,4-7,9-10H2,1H3. The van der Waals surface area contributed by atoms with Gasteiger partial charge in [-0.3, -0.25) is 14.6 Å². The summed E-state index contributed by atoms with van der Waals surface area (Å²) < 4.78 is 0. The summed E-state index contributed by atoms with van der Waals surface area (Å²) in [4.78, 5) is 22.2. The van der Waals surface area contributed by atoms with Gasteiger partial charge in [-0.2, -0.15) is 0 Å². The van der Waals surface area contributed by atoms with Gasteiger partial charge in [0.15, 0.2) is 5.78 Å². The van der Waals surface area contributed by atoms with E-state index in [-0.39, 0.29) is 5.78 Å². The second-order valence-corrected chi connectivity index (χ2v) is 7.32. The Morgan fingerprint density at radius 3 is 2.62 bits per heavy atom. The molecule has 0 radical (unpaired) electrons. The molecule has 21 heavy (non-hydrogen) atoms. The van der Waals surface area contributed by atoms with Crippen LogP contribution in [-0.4, -0.2) is 53.3 Å². The largest absolute Gasteiger partial charge is 0.295 e. The van der Waals surface area contributed by atoms with E-state index in [1.165, 1.54) is 17.0 Å². The fourth-order valence-electron chi connectivity index (χ4n) is 2.53. The second kappa shape index (κ2) is 6.79. The van der Waals surface area contributed by atoms with Gasteiger partial charge in [-0.25, -0.2) is 4.98 Å². The van der Waals surface area contributed by atoms with Crippen LogP contribution in [0.2, 0.25) is 0 Å². The first kappa shape index (κ1) is 14.8. The zero-order chi connectivity index (χ0) is 14.7. The lowest BCUT2D eigenvalue weighted by Crippen LogP contribution is -2.47. The Hall–Kier alpha value is -1.08. The average molecular weight is 321 g/mol. The Morgan fingerprint density at radius 1 is 1.24 bits per heavy atom. The van der Waals surface area contributed by atoms with Crippen LogP contribution in [0.25, 0.3) is 0 Å². The number of Topliss-reactive ketones (excluding diaryl/α,β-unsaturated/α-hetero) is 1. The van der Waals surface area contributed by atoms with Gasteiger partial charge < -0.3 is 0 Å². The Bertz CT molecular complexity index is 586. The Labute approximate surface area is 133 Å². The Kier molecular flexibility index (Phi) is 4.80. The highest BCUT2D eigenvalue weighted by molar-refractivity contribution is 7.12. The third kappa shape index (κ3) is 3.97. The van der Waals surface area contributed by atoms with E-state index in [4.69, 9.17) is 0 Å². The van der Waals surface area contributed by atoms with E-state index in [1.54, 1.807) is 11.3 Å². The molecule has 1 fully saturated rings. The Morgan fingerprint density at radius 2 is 2.00 bits per heavy atom. The SMILES string of the molecule is Cc1nc(CN2CCN(CC(=O)c3cccs3)CC2)cs1. The number of rotatable bonds is 5. The van der Waals surface area contributed by atoms with Crippen molar-refractivity contribution in [2.45, 2.75) is 13.5 Å². The first-order valence-corrected chi connectivity index (χ1v) is 8.89. The summed E-state index contributed by atoms with van der Waals surface area (Å²) in [6.45, 7) is 7.45. The molecule has 0 spiro atoms. The molecule has 0 atom stereocenters. The second-order valence-electron chi connectivity index (χ2n) is 5.31. The molecule has 0 amide bonds. The molecule has 0 N–H and O–H groups in total. The van der Waals surface area contributed by atoms with Crippen LogP contribution >= 0.6 is 22.7 Å². The normalized spacial score (nSPS) is 17.2. The van der Waals surface area contributed by atoms with Crippen molar-refractivity contribution in [3.63, 3.8) is 0 Å². The van der Waals surface area contributed by atoms with Gasteiger partial charge in [0, 0.05) is 38.1 Å².